The van der Waals surface area contributed by atoms with Gasteiger partial charge < -0.3 is 10.6 Å². The van der Waals surface area contributed by atoms with Gasteiger partial charge in [-0.05, 0) is 41.4 Å². The Kier molecular flexibility index (Phi) is 3.87. The van der Waals surface area contributed by atoms with Crippen molar-refractivity contribution in [2.24, 2.45) is 0 Å². The minimum atomic E-state index is 0.675. The van der Waals surface area contributed by atoms with Gasteiger partial charge in [-0.25, -0.2) is 0 Å². The first-order valence-electron chi connectivity index (χ1n) is 5.87. The molecule has 94 valence electrons. The monoisotopic (exact) mass is 305 g/mol. The second-order valence-electron chi connectivity index (χ2n) is 4.09. The minimum Gasteiger partial charge on any atom is -0.396 e. The molecular formula is C14H16BrN3. The highest BCUT2D eigenvalue weighted by Gasteiger charge is 2.15. The van der Waals surface area contributed by atoms with Gasteiger partial charge in [0.1, 0.15) is 0 Å². The molecule has 2 N–H and O–H groups in total. The summed E-state index contributed by atoms with van der Waals surface area (Å²) in [6, 6.07) is 8.28. The maximum absolute atomic E-state index is 6.05. The molecule has 1 aromatic carbocycles. The lowest BCUT2D eigenvalue weighted by Gasteiger charge is -2.27. The van der Waals surface area contributed by atoms with E-state index in [0.717, 1.165) is 16.7 Å². The molecule has 3 nitrogen and oxygen atoms in total. The minimum absolute atomic E-state index is 0.675. The van der Waals surface area contributed by atoms with Crippen LogP contribution in [0.15, 0.2) is 41.1 Å². The second kappa shape index (κ2) is 5.40. The van der Waals surface area contributed by atoms with Gasteiger partial charge in [0, 0.05) is 18.4 Å². The van der Waals surface area contributed by atoms with E-state index < -0.39 is 0 Å². The Hall–Kier alpha value is -1.55. The zero-order chi connectivity index (χ0) is 13.1. The van der Waals surface area contributed by atoms with Crippen molar-refractivity contribution in [2.45, 2.75) is 13.8 Å². The number of nitrogens with zero attached hydrogens (tertiary/aromatic N) is 2. The molecule has 0 radical (unpaired) electrons. The Bertz CT molecular complexity index is 534. The number of nitrogen functional groups attached to an aromatic ring is 1. The fraction of sp³-hybridized carbons (Fsp3) is 0.214. The third-order valence-electron chi connectivity index (χ3n) is 2.89. The van der Waals surface area contributed by atoms with Crippen LogP contribution in [0.5, 0.6) is 0 Å². The number of aromatic nitrogens is 1. The van der Waals surface area contributed by atoms with Crippen LogP contribution in [-0.2, 0) is 0 Å². The molecule has 0 fully saturated rings. The third kappa shape index (κ3) is 2.34. The smallest absolute Gasteiger partial charge is 0.0820 e. The Morgan fingerprint density at radius 3 is 2.61 bits per heavy atom. The van der Waals surface area contributed by atoms with Crippen molar-refractivity contribution >= 4 is 33.0 Å². The first kappa shape index (κ1) is 12.9. The average Bonchev–Trinajstić information content (AvgIpc) is 2.35. The number of benzene rings is 1. The summed E-state index contributed by atoms with van der Waals surface area (Å²) in [5.74, 6) is 0. The molecule has 0 bridgehead atoms. The fourth-order valence-corrected chi connectivity index (χ4v) is 2.60. The number of rotatable bonds is 3. The molecule has 0 saturated carbocycles. The van der Waals surface area contributed by atoms with E-state index in [-0.39, 0.29) is 0 Å². The largest absolute Gasteiger partial charge is 0.396 e. The SMILES string of the molecule is CCN(c1ccccc1C)c1c(N)cncc1Br. The summed E-state index contributed by atoms with van der Waals surface area (Å²) in [5.41, 5.74) is 10.1. The van der Waals surface area contributed by atoms with E-state index in [9.17, 15) is 0 Å². The van der Waals surface area contributed by atoms with Gasteiger partial charge in [0.2, 0.25) is 0 Å². The Labute approximate surface area is 116 Å². The van der Waals surface area contributed by atoms with Crippen molar-refractivity contribution < 1.29 is 0 Å². The number of aryl methyl sites for hydroxylation is 1. The maximum Gasteiger partial charge on any atom is 0.0820 e. The van der Waals surface area contributed by atoms with E-state index in [1.165, 1.54) is 11.3 Å². The van der Waals surface area contributed by atoms with Crippen LogP contribution in [0, 0.1) is 6.92 Å². The lowest BCUT2D eigenvalue weighted by atomic mass is 10.1. The highest BCUT2D eigenvalue weighted by atomic mass is 79.9. The van der Waals surface area contributed by atoms with Gasteiger partial charge in [0.05, 0.1) is 22.0 Å². The maximum atomic E-state index is 6.05. The predicted octanol–water partition coefficient (Wildman–Crippen LogP) is 3.89. The van der Waals surface area contributed by atoms with Crippen LogP contribution in [0.3, 0.4) is 0 Å². The van der Waals surface area contributed by atoms with Gasteiger partial charge in [-0.2, -0.15) is 0 Å². The molecule has 0 unspecified atom stereocenters. The highest BCUT2D eigenvalue weighted by Crippen LogP contribution is 2.37. The molecule has 1 aromatic heterocycles. The Morgan fingerprint density at radius 2 is 2.00 bits per heavy atom. The summed E-state index contributed by atoms with van der Waals surface area (Å²) < 4.78 is 0.910. The lowest BCUT2D eigenvalue weighted by molar-refractivity contribution is 1.01. The molecule has 0 aliphatic carbocycles. The molecule has 1 heterocycles. The topological polar surface area (TPSA) is 42.1 Å². The summed E-state index contributed by atoms with van der Waals surface area (Å²) in [6.07, 6.45) is 3.45. The summed E-state index contributed by atoms with van der Waals surface area (Å²) in [4.78, 5) is 6.27. The quantitative estimate of drug-likeness (QED) is 0.935. The molecule has 0 saturated heterocycles. The summed E-state index contributed by atoms with van der Waals surface area (Å²) >= 11 is 3.53. The first-order chi connectivity index (χ1) is 8.65. The molecule has 0 aliphatic heterocycles. The van der Waals surface area contributed by atoms with E-state index in [0.29, 0.717) is 5.69 Å². The number of hydrogen-bond donors (Lipinski definition) is 1. The van der Waals surface area contributed by atoms with Crippen molar-refractivity contribution in [1.82, 2.24) is 4.98 Å². The zero-order valence-corrected chi connectivity index (χ0v) is 12.1. The van der Waals surface area contributed by atoms with Gasteiger partial charge in [-0.15, -0.1) is 0 Å². The fourth-order valence-electron chi connectivity index (χ4n) is 2.04. The molecule has 0 atom stereocenters. The molecule has 0 spiro atoms. The van der Waals surface area contributed by atoms with Crippen molar-refractivity contribution in [3.8, 4) is 0 Å². The van der Waals surface area contributed by atoms with Crippen molar-refractivity contribution in [3.05, 3.63) is 46.7 Å². The van der Waals surface area contributed by atoms with Crippen LogP contribution in [0.1, 0.15) is 12.5 Å². The van der Waals surface area contributed by atoms with Crippen LogP contribution in [0.25, 0.3) is 0 Å². The zero-order valence-electron chi connectivity index (χ0n) is 10.5. The van der Waals surface area contributed by atoms with E-state index >= 15 is 0 Å². The van der Waals surface area contributed by atoms with E-state index in [2.05, 4.69) is 51.8 Å². The molecule has 0 amide bonds. The van der Waals surface area contributed by atoms with Gasteiger partial charge in [0.15, 0.2) is 0 Å². The van der Waals surface area contributed by atoms with Crippen molar-refractivity contribution in [2.75, 3.05) is 17.2 Å². The van der Waals surface area contributed by atoms with E-state index in [4.69, 9.17) is 5.73 Å². The number of halogens is 1. The van der Waals surface area contributed by atoms with Crippen LogP contribution >= 0.6 is 15.9 Å². The molecule has 2 aromatic rings. The van der Waals surface area contributed by atoms with Crippen LogP contribution < -0.4 is 10.6 Å². The number of anilines is 3. The van der Waals surface area contributed by atoms with Gasteiger partial charge >= 0.3 is 0 Å². The summed E-state index contributed by atoms with van der Waals surface area (Å²) in [5, 5.41) is 0. The van der Waals surface area contributed by atoms with Crippen molar-refractivity contribution in [3.63, 3.8) is 0 Å². The van der Waals surface area contributed by atoms with E-state index in [1.807, 2.05) is 12.1 Å². The molecule has 2 rings (SSSR count). The highest BCUT2D eigenvalue weighted by molar-refractivity contribution is 9.10. The number of nitrogens with two attached hydrogens (primary N) is 1. The third-order valence-corrected chi connectivity index (χ3v) is 3.47. The lowest BCUT2D eigenvalue weighted by Crippen LogP contribution is -2.19. The number of para-hydroxylation sites is 1. The Morgan fingerprint density at radius 1 is 1.28 bits per heavy atom. The van der Waals surface area contributed by atoms with Crippen LogP contribution in [0.4, 0.5) is 17.1 Å². The van der Waals surface area contributed by atoms with Gasteiger partial charge in [-0.1, -0.05) is 18.2 Å². The predicted molar refractivity (Wildman–Crippen MR) is 80.2 cm³/mol. The normalized spacial score (nSPS) is 10.4. The van der Waals surface area contributed by atoms with Crippen molar-refractivity contribution in [1.29, 1.82) is 0 Å². The average molecular weight is 306 g/mol. The first-order valence-corrected chi connectivity index (χ1v) is 6.66. The molecular weight excluding hydrogens is 290 g/mol. The number of hydrogen-bond acceptors (Lipinski definition) is 3. The summed E-state index contributed by atoms with van der Waals surface area (Å²) in [6.45, 7) is 5.06. The van der Waals surface area contributed by atoms with Gasteiger partial charge in [-0.3, -0.25) is 4.98 Å². The summed E-state index contributed by atoms with van der Waals surface area (Å²) in [7, 11) is 0. The standard InChI is InChI=1S/C14H16BrN3/c1-3-18(13-7-5-4-6-10(13)2)14-11(15)8-17-9-12(14)16/h4-9H,3,16H2,1-2H3. The second-order valence-corrected chi connectivity index (χ2v) is 4.94. The van der Waals surface area contributed by atoms with Crippen LogP contribution in [0.2, 0.25) is 0 Å². The molecule has 0 aliphatic rings. The molecule has 18 heavy (non-hydrogen) atoms. The molecule has 4 heteroatoms. The van der Waals surface area contributed by atoms with Crippen LogP contribution in [-0.4, -0.2) is 11.5 Å². The van der Waals surface area contributed by atoms with E-state index in [1.54, 1.807) is 12.4 Å². The Balaban J connectivity index is 2.56. The number of pyridine rings is 1. The van der Waals surface area contributed by atoms with Gasteiger partial charge in [0.25, 0.3) is 0 Å².